The second-order valence-corrected chi connectivity index (χ2v) is 6.88. The summed E-state index contributed by atoms with van der Waals surface area (Å²) in [4.78, 5) is 19.3. The van der Waals surface area contributed by atoms with Crippen molar-refractivity contribution >= 4 is 22.9 Å². The number of carbonyl (C=O) groups excluding carboxylic acids is 1. The highest BCUT2D eigenvalue weighted by Crippen LogP contribution is 2.43. The number of aliphatic imine (C=N–C) groups is 1. The number of rotatable bonds is 4. The quantitative estimate of drug-likeness (QED) is 0.759. The first-order valence-electron chi connectivity index (χ1n) is 8.21. The van der Waals surface area contributed by atoms with E-state index >= 15 is 0 Å². The average Bonchev–Trinajstić information content (AvgIpc) is 3.03. The molecule has 2 aliphatic rings. The topological polar surface area (TPSA) is 51.1 Å². The van der Waals surface area contributed by atoms with E-state index < -0.39 is 0 Å². The van der Waals surface area contributed by atoms with E-state index in [9.17, 15) is 4.79 Å². The Morgan fingerprint density at radius 2 is 2.04 bits per heavy atom. The predicted molar refractivity (Wildman–Crippen MR) is 101 cm³/mol. The van der Waals surface area contributed by atoms with Crippen LogP contribution in [-0.4, -0.2) is 29.8 Å². The van der Waals surface area contributed by atoms with Crippen molar-refractivity contribution in [1.82, 2.24) is 4.90 Å². The van der Waals surface area contributed by atoms with E-state index in [4.69, 9.17) is 9.47 Å². The van der Waals surface area contributed by atoms with Crippen LogP contribution in [0.15, 0.2) is 40.0 Å². The van der Waals surface area contributed by atoms with Gasteiger partial charge in [0.15, 0.2) is 5.17 Å². The lowest BCUT2D eigenvalue weighted by Gasteiger charge is -2.34. The van der Waals surface area contributed by atoms with Gasteiger partial charge in [0.2, 0.25) is 0 Å². The standard InChI is InChI=1S/C19H22N2O3S/c1-6-24-18(22)16-13(4)20-19-21(7-8-25-19)17(16)14-9-12(3)15(23-5)10-11(14)2/h7-10,17H,6H2,1-5H3/t17-/m1/s1. The highest BCUT2D eigenvalue weighted by molar-refractivity contribution is 8.16. The summed E-state index contributed by atoms with van der Waals surface area (Å²) < 4.78 is 10.7. The van der Waals surface area contributed by atoms with Crippen LogP contribution >= 0.6 is 11.8 Å². The molecule has 0 unspecified atom stereocenters. The minimum Gasteiger partial charge on any atom is -0.496 e. The third kappa shape index (κ3) is 3.06. The van der Waals surface area contributed by atoms with E-state index in [0.29, 0.717) is 17.9 Å². The van der Waals surface area contributed by atoms with Gasteiger partial charge in [0.05, 0.1) is 31.0 Å². The second kappa shape index (κ2) is 6.96. The number of benzene rings is 1. The maximum absolute atomic E-state index is 12.7. The van der Waals surface area contributed by atoms with Crippen LogP contribution in [0.25, 0.3) is 0 Å². The lowest BCUT2D eigenvalue weighted by molar-refractivity contribution is -0.139. The number of methoxy groups -OCH3 is 1. The molecule has 0 amide bonds. The summed E-state index contributed by atoms with van der Waals surface area (Å²) in [6, 6.07) is 3.86. The predicted octanol–water partition coefficient (Wildman–Crippen LogP) is 4.08. The smallest absolute Gasteiger partial charge is 0.338 e. The number of amidine groups is 1. The van der Waals surface area contributed by atoms with Gasteiger partial charge in [-0.3, -0.25) is 0 Å². The molecule has 5 nitrogen and oxygen atoms in total. The summed E-state index contributed by atoms with van der Waals surface area (Å²) in [7, 11) is 1.67. The highest BCUT2D eigenvalue weighted by Gasteiger charge is 2.38. The number of hydrogen-bond donors (Lipinski definition) is 0. The Morgan fingerprint density at radius 3 is 2.72 bits per heavy atom. The Balaban J connectivity index is 2.17. The number of nitrogens with zero attached hydrogens (tertiary/aromatic N) is 2. The van der Waals surface area contributed by atoms with Crippen molar-refractivity contribution in [1.29, 1.82) is 0 Å². The van der Waals surface area contributed by atoms with Gasteiger partial charge in [-0.05, 0) is 61.9 Å². The molecule has 132 valence electrons. The number of ether oxygens (including phenoxy) is 2. The fraction of sp³-hybridized carbons (Fsp3) is 0.368. The van der Waals surface area contributed by atoms with Gasteiger partial charge in [-0.2, -0.15) is 0 Å². The molecule has 1 aromatic rings. The van der Waals surface area contributed by atoms with Crippen molar-refractivity contribution in [3.8, 4) is 5.75 Å². The molecule has 0 bridgehead atoms. The zero-order valence-corrected chi connectivity index (χ0v) is 15.9. The Hall–Kier alpha value is -2.21. The number of aryl methyl sites for hydroxylation is 2. The summed E-state index contributed by atoms with van der Waals surface area (Å²) in [6.07, 6.45) is 1.97. The second-order valence-electron chi connectivity index (χ2n) is 6.01. The van der Waals surface area contributed by atoms with Crippen molar-refractivity contribution in [2.24, 2.45) is 4.99 Å². The molecule has 2 aliphatic heterocycles. The van der Waals surface area contributed by atoms with Crippen LogP contribution < -0.4 is 4.74 Å². The largest absolute Gasteiger partial charge is 0.496 e. The number of allylic oxidation sites excluding steroid dienone is 1. The van der Waals surface area contributed by atoms with E-state index in [2.05, 4.69) is 11.1 Å². The Bertz CT molecular complexity index is 811. The zero-order valence-electron chi connectivity index (χ0n) is 15.1. The zero-order chi connectivity index (χ0) is 18.1. The molecule has 0 N–H and O–H groups in total. The first-order valence-corrected chi connectivity index (χ1v) is 9.09. The van der Waals surface area contributed by atoms with Gasteiger partial charge in [-0.25, -0.2) is 9.79 Å². The molecule has 0 aromatic heterocycles. The van der Waals surface area contributed by atoms with Gasteiger partial charge in [-0.1, -0.05) is 11.8 Å². The summed E-state index contributed by atoms with van der Waals surface area (Å²) in [6.45, 7) is 8.07. The molecule has 6 heteroatoms. The van der Waals surface area contributed by atoms with Crippen LogP contribution in [0.2, 0.25) is 0 Å². The van der Waals surface area contributed by atoms with Crippen molar-refractivity contribution < 1.29 is 14.3 Å². The maximum atomic E-state index is 12.7. The van der Waals surface area contributed by atoms with E-state index in [-0.39, 0.29) is 12.0 Å². The van der Waals surface area contributed by atoms with Crippen molar-refractivity contribution in [2.75, 3.05) is 13.7 Å². The molecule has 2 heterocycles. The van der Waals surface area contributed by atoms with Crippen molar-refractivity contribution in [3.05, 3.63) is 51.7 Å². The lowest BCUT2D eigenvalue weighted by atomic mass is 9.90. The first-order chi connectivity index (χ1) is 12.0. The number of thioether (sulfide) groups is 1. The van der Waals surface area contributed by atoms with Crippen LogP contribution in [0.4, 0.5) is 0 Å². The molecule has 0 saturated carbocycles. The summed E-state index contributed by atoms with van der Waals surface area (Å²) in [5.74, 6) is 0.529. The van der Waals surface area contributed by atoms with Gasteiger partial charge < -0.3 is 14.4 Å². The van der Waals surface area contributed by atoms with Crippen LogP contribution in [0.3, 0.4) is 0 Å². The maximum Gasteiger partial charge on any atom is 0.338 e. The number of esters is 1. The SMILES string of the molecule is CCOC(=O)C1=C(C)N=C2SC=CN2[C@@H]1c1cc(C)c(OC)cc1C. The van der Waals surface area contributed by atoms with E-state index in [0.717, 1.165) is 27.6 Å². The van der Waals surface area contributed by atoms with Gasteiger partial charge in [0, 0.05) is 6.20 Å². The van der Waals surface area contributed by atoms with E-state index in [1.807, 2.05) is 50.3 Å². The molecule has 0 saturated heterocycles. The van der Waals surface area contributed by atoms with Crippen LogP contribution in [0.5, 0.6) is 5.75 Å². The molecule has 25 heavy (non-hydrogen) atoms. The van der Waals surface area contributed by atoms with Crippen molar-refractivity contribution in [2.45, 2.75) is 33.7 Å². The Morgan fingerprint density at radius 1 is 1.28 bits per heavy atom. The monoisotopic (exact) mass is 358 g/mol. The molecular weight excluding hydrogens is 336 g/mol. The normalized spacial score (nSPS) is 19.0. The molecule has 0 fully saturated rings. The third-order valence-corrected chi connectivity index (χ3v) is 5.16. The molecule has 1 aromatic carbocycles. The molecule has 3 rings (SSSR count). The molecule has 0 spiro atoms. The van der Waals surface area contributed by atoms with E-state index in [1.165, 1.54) is 0 Å². The van der Waals surface area contributed by atoms with Gasteiger partial charge in [0.25, 0.3) is 0 Å². The van der Waals surface area contributed by atoms with Gasteiger partial charge in [0.1, 0.15) is 5.75 Å². The van der Waals surface area contributed by atoms with Crippen LogP contribution in [0.1, 0.15) is 36.6 Å². The fourth-order valence-corrected chi connectivity index (χ4v) is 3.99. The average molecular weight is 358 g/mol. The van der Waals surface area contributed by atoms with E-state index in [1.54, 1.807) is 18.9 Å². The minimum absolute atomic E-state index is 0.248. The summed E-state index contributed by atoms with van der Waals surface area (Å²) >= 11 is 1.56. The number of fused-ring (bicyclic) bond motifs is 1. The minimum atomic E-state index is -0.314. The van der Waals surface area contributed by atoms with Gasteiger partial charge >= 0.3 is 5.97 Å². The molecule has 0 aliphatic carbocycles. The first kappa shape index (κ1) is 17.6. The number of hydrogen-bond acceptors (Lipinski definition) is 6. The fourth-order valence-electron chi connectivity index (χ4n) is 3.20. The number of carbonyl (C=O) groups is 1. The van der Waals surface area contributed by atoms with Crippen LogP contribution in [0, 0.1) is 13.8 Å². The molecule has 1 atom stereocenters. The highest BCUT2D eigenvalue weighted by atomic mass is 32.2. The van der Waals surface area contributed by atoms with Crippen molar-refractivity contribution in [3.63, 3.8) is 0 Å². The van der Waals surface area contributed by atoms with Gasteiger partial charge in [-0.15, -0.1) is 0 Å². The third-order valence-electron chi connectivity index (χ3n) is 4.39. The summed E-state index contributed by atoms with van der Waals surface area (Å²) in [5.41, 5.74) is 4.45. The Kier molecular flexibility index (Phi) is 4.90. The lowest BCUT2D eigenvalue weighted by Crippen LogP contribution is -2.34. The summed E-state index contributed by atoms with van der Waals surface area (Å²) in [5, 5.41) is 2.86. The van der Waals surface area contributed by atoms with Crippen LogP contribution in [-0.2, 0) is 9.53 Å². The molecular formula is C19H22N2O3S. The molecule has 0 radical (unpaired) electrons. The Labute approximate surface area is 152 Å².